The number of hydrogen-bond donors (Lipinski definition) is 1. The molecule has 1 heterocycles. The highest BCUT2D eigenvalue weighted by molar-refractivity contribution is 7.90. The highest BCUT2D eigenvalue weighted by atomic mass is 32.2. The molecule has 0 fully saturated rings. The van der Waals surface area contributed by atoms with Gasteiger partial charge in [0.15, 0.2) is 0 Å². The Morgan fingerprint density at radius 2 is 1.66 bits per heavy atom. The first kappa shape index (κ1) is 20.6. The van der Waals surface area contributed by atoms with Crippen LogP contribution in [0.1, 0.15) is 27.1 Å². The zero-order chi connectivity index (χ0) is 21.3. The largest absolute Gasteiger partial charge is 0.322 e. The second-order valence-corrected chi connectivity index (χ2v) is 8.83. The molecule has 3 amide bonds. The first-order valence-electron chi connectivity index (χ1n) is 8.49. The van der Waals surface area contributed by atoms with E-state index >= 15 is 0 Å². The van der Waals surface area contributed by atoms with Gasteiger partial charge in [-0.1, -0.05) is 12.1 Å². The Morgan fingerprint density at radius 3 is 2.21 bits per heavy atom. The number of benzene rings is 2. The highest BCUT2D eigenvalue weighted by Crippen LogP contribution is 2.27. The van der Waals surface area contributed by atoms with Gasteiger partial charge in [0.1, 0.15) is 27.5 Å². The van der Waals surface area contributed by atoms with E-state index in [9.17, 15) is 31.6 Å². The molecular weight excluding hydrogens is 406 g/mol. The van der Waals surface area contributed by atoms with E-state index < -0.39 is 63.1 Å². The monoisotopic (exact) mass is 422 g/mol. The number of carbonyl (C=O) groups is 3. The lowest BCUT2D eigenvalue weighted by atomic mass is 10.1. The molecule has 2 aromatic carbocycles. The van der Waals surface area contributed by atoms with Crippen LogP contribution in [0.4, 0.5) is 14.5 Å². The summed E-state index contributed by atoms with van der Waals surface area (Å²) in [6, 6.07) is 6.78. The molecule has 0 spiro atoms. The average molecular weight is 422 g/mol. The number of rotatable bonds is 6. The molecule has 2 aromatic rings. The van der Waals surface area contributed by atoms with Crippen molar-refractivity contribution < 1.29 is 31.6 Å². The smallest absolute Gasteiger partial charge is 0.262 e. The van der Waals surface area contributed by atoms with Crippen LogP contribution in [-0.2, 0) is 14.6 Å². The molecular formula is C19H16F2N2O5S. The van der Waals surface area contributed by atoms with Gasteiger partial charge in [0.2, 0.25) is 5.91 Å². The fraction of sp³-hybridized carbons (Fsp3) is 0.211. The lowest BCUT2D eigenvalue weighted by Crippen LogP contribution is -2.48. The van der Waals surface area contributed by atoms with Crippen LogP contribution in [-0.4, -0.2) is 49.1 Å². The van der Waals surface area contributed by atoms with Crippen LogP contribution >= 0.6 is 0 Å². The van der Waals surface area contributed by atoms with Crippen LogP contribution in [0.2, 0.25) is 0 Å². The highest BCUT2D eigenvalue weighted by Gasteiger charge is 2.42. The molecule has 10 heteroatoms. The summed E-state index contributed by atoms with van der Waals surface area (Å²) in [6.07, 6.45) is 0.545. The quantitative estimate of drug-likeness (QED) is 0.718. The minimum Gasteiger partial charge on any atom is -0.322 e. The van der Waals surface area contributed by atoms with Gasteiger partial charge in [0.05, 0.1) is 22.6 Å². The predicted molar refractivity (Wildman–Crippen MR) is 100 cm³/mol. The van der Waals surface area contributed by atoms with Crippen LogP contribution in [0.3, 0.4) is 0 Å². The number of sulfone groups is 1. The van der Waals surface area contributed by atoms with E-state index in [0.29, 0.717) is 4.90 Å². The first-order valence-corrected chi connectivity index (χ1v) is 10.5. The summed E-state index contributed by atoms with van der Waals surface area (Å²) < 4.78 is 50.4. The summed E-state index contributed by atoms with van der Waals surface area (Å²) in [7, 11) is -3.54. The minimum atomic E-state index is -3.54. The maximum Gasteiger partial charge on any atom is 0.262 e. The summed E-state index contributed by atoms with van der Waals surface area (Å²) in [5.41, 5.74) is -0.339. The number of carbonyl (C=O) groups excluding carboxylic acids is 3. The predicted octanol–water partition coefficient (Wildman–Crippen LogP) is 2.00. The third kappa shape index (κ3) is 4.32. The number of nitrogens with one attached hydrogen (secondary N) is 1. The molecule has 0 bridgehead atoms. The molecule has 0 saturated heterocycles. The van der Waals surface area contributed by atoms with E-state index in [0.717, 1.165) is 24.5 Å². The molecule has 7 nitrogen and oxygen atoms in total. The van der Waals surface area contributed by atoms with Gasteiger partial charge in [0.25, 0.3) is 11.8 Å². The fourth-order valence-electron chi connectivity index (χ4n) is 3.00. The molecule has 0 aromatic heterocycles. The van der Waals surface area contributed by atoms with Crippen molar-refractivity contribution in [2.24, 2.45) is 0 Å². The fourth-order valence-corrected chi connectivity index (χ4v) is 3.65. The van der Waals surface area contributed by atoms with Crippen molar-refractivity contribution >= 4 is 33.2 Å². The second kappa shape index (κ2) is 7.70. The van der Waals surface area contributed by atoms with Gasteiger partial charge >= 0.3 is 0 Å². The Morgan fingerprint density at radius 1 is 1.07 bits per heavy atom. The number of imide groups is 1. The van der Waals surface area contributed by atoms with Crippen molar-refractivity contribution in [3.05, 3.63) is 65.2 Å². The molecule has 0 radical (unpaired) electrons. The Hall–Kier alpha value is -3.14. The number of amides is 3. The first-order chi connectivity index (χ1) is 13.6. The number of nitrogens with zero attached hydrogens (tertiary/aromatic N) is 1. The summed E-state index contributed by atoms with van der Waals surface area (Å²) in [5, 5.41) is 2.14. The summed E-state index contributed by atoms with van der Waals surface area (Å²) >= 11 is 0. The summed E-state index contributed by atoms with van der Waals surface area (Å²) in [4.78, 5) is 38.8. The van der Waals surface area contributed by atoms with Crippen molar-refractivity contribution in [1.29, 1.82) is 0 Å². The number of anilines is 1. The summed E-state index contributed by atoms with van der Waals surface area (Å²) in [5.74, 6) is -4.77. The van der Waals surface area contributed by atoms with E-state index in [1.165, 1.54) is 12.1 Å². The minimum absolute atomic E-state index is 0.0755. The van der Waals surface area contributed by atoms with Crippen LogP contribution in [0.25, 0.3) is 0 Å². The Labute approximate surface area is 165 Å². The molecule has 1 aliphatic heterocycles. The third-order valence-corrected chi connectivity index (χ3v) is 5.37. The van der Waals surface area contributed by atoms with E-state index in [-0.39, 0.29) is 11.1 Å². The van der Waals surface area contributed by atoms with Crippen LogP contribution in [0, 0.1) is 11.6 Å². The molecule has 29 heavy (non-hydrogen) atoms. The van der Waals surface area contributed by atoms with Crippen molar-refractivity contribution in [1.82, 2.24) is 4.90 Å². The standard InChI is InChI=1S/C19H16F2N2O5S/c1-29(27,28)9-8-16(17(24)22-15-10-11(20)6-7-14(15)21)23-18(25)12-4-2-3-5-13(12)19(23)26/h2-7,10,16H,8-9H2,1H3,(H,22,24). The normalized spacial score (nSPS) is 14.7. The SMILES string of the molecule is CS(=O)(=O)CCC(C(=O)Nc1cc(F)ccc1F)N1C(=O)c2ccccc2C1=O. The van der Waals surface area contributed by atoms with Gasteiger partial charge in [-0.3, -0.25) is 19.3 Å². The van der Waals surface area contributed by atoms with E-state index in [1.807, 2.05) is 0 Å². The van der Waals surface area contributed by atoms with Crippen molar-refractivity contribution in [2.75, 3.05) is 17.3 Å². The van der Waals surface area contributed by atoms with Gasteiger partial charge in [-0.2, -0.15) is 0 Å². The van der Waals surface area contributed by atoms with Gasteiger partial charge in [-0.25, -0.2) is 17.2 Å². The topological polar surface area (TPSA) is 101 Å². The van der Waals surface area contributed by atoms with Crippen molar-refractivity contribution in [3.63, 3.8) is 0 Å². The van der Waals surface area contributed by atoms with Crippen molar-refractivity contribution in [3.8, 4) is 0 Å². The zero-order valence-electron chi connectivity index (χ0n) is 15.2. The maximum absolute atomic E-state index is 13.9. The van der Waals surface area contributed by atoms with Gasteiger partial charge in [-0.15, -0.1) is 0 Å². The summed E-state index contributed by atoms with van der Waals surface area (Å²) in [6.45, 7) is 0. The van der Waals surface area contributed by atoms with Crippen LogP contribution in [0.15, 0.2) is 42.5 Å². The van der Waals surface area contributed by atoms with Gasteiger partial charge in [-0.05, 0) is 30.7 Å². The Balaban J connectivity index is 1.95. The zero-order valence-corrected chi connectivity index (χ0v) is 16.0. The molecule has 1 atom stereocenters. The third-order valence-electron chi connectivity index (χ3n) is 4.39. The van der Waals surface area contributed by atoms with Gasteiger partial charge < -0.3 is 5.32 Å². The molecule has 1 unspecified atom stereocenters. The molecule has 0 saturated carbocycles. The molecule has 1 N–H and O–H groups in total. The number of halogens is 2. The molecule has 1 aliphatic rings. The molecule has 3 rings (SSSR count). The van der Waals surface area contributed by atoms with E-state index in [1.54, 1.807) is 12.1 Å². The molecule has 0 aliphatic carbocycles. The lowest BCUT2D eigenvalue weighted by Gasteiger charge is -2.25. The Bertz CT molecular complexity index is 1080. The van der Waals surface area contributed by atoms with Crippen LogP contribution < -0.4 is 5.32 Å². The number of hydrogen-bond acceptors (Lipinski definition) is 5. The average Bonchev–Trinajstić information content (AvgIpc) is 2.89. The number of fused-ring (bicyclic) bond motifs is 1. The van der Waals surface area contributed by atoms with E-state index in [2.05, 4.69) is 5.32 Å². The lowest BCUT2D eigenvalue weighted by molar-refractivity contribution is -0.120. The maximum atomic E-state index is 13.9. The Kier molecular flexibility index (Phi) is 5.47. The second-order valence-electron chi connectivity index (χ2n) is 6.57. The van der Waals surface area contributed by atoms with Gasteiger partial charge in [0, 0.05) is 12.3 Å². The van der Waals surface area contributed by atoms with E-state index in [4.69, 9.17) is 0 Å². The molecule has 152 valence electrons. The van der Waals surface area contributed by atoms with Crippen molar-refractivity contribution in [2.45, 2.75) is 12.5 Å². The van der Waals surface area contributed by atoms with Crippen LogP contribution in [0.5, 0.6) is 0 Å².